The minimum atomic E-state index is -0.150. The van der Waals surface area contributed by atoms with Gasteiger partial charge in [-0.15, -0.1) is 0 Å². The van der Waals surface area contributed by atoms with E-state index in [0.29, 0.717) is 6.04 Å². The highest BCUT2D eigenvalue weighted by molar-refractivity contribution is 7.99. The Hall–Kier alpha value is -0.540. The maximum atomic E-state index is 13.0. The molecule has 0 bridgehead atoms. The Kier molecular flexibility index (Phi) is 5.51. The Morgan fingerprint density at radius 2 is 1.94 bits per heavy atom. The van der Waals surface area contributed by atoms with Gasteiger partial charge in [0.2, 0.25) is 0 Å². The molecule has 1 aliphatic heterocycles. The molecule has 1 saturated heterocycles. The smallest absolute Gasteiger partial charge is 0.123 e. The summed E-state index contributed by atoms with van der Waals surface area (Å²) in [5, 5.41) is 3.54. The molecule has 100 valence electrons. The van der Waals surface area contributed by atoms with E-state index in [2.05, 4.69) is 24.0 Å². The molecule has 1 aromatic carbocycles. The quantitative estimate of drug-likeness (QED) is 0.865. The molecule has 0 aromatic heterocycles. The van der Waals surface area contributed by atoms with Gasteiger partial charge >= 0.3 is 0 Å². The average molecular weight is 267 g/mol. The van der Waals surface area contributed by atoms with Crippen LogP contribution in [0.4, 0.5) is 4.39 Å². The normalized spacial score (nSPS) is 18.8. The maximum absolute atomic E-state index is 13.0. The summed E-state index contributed by atoms with van der Waals surface area (Å²) in [7, 11) is 0. The second-order valence-electron chi connectivity index (χ2n) is 4.95. The van der Waals surface area contributed by atoms with Crippen molar-refractivity contribution in [3.05, 3.63) is 35.6 Å². The van der Waals surface area contributed by atoms with Gasteiger partial charge in [0, 0.05) is 6.04 Å². The van der Waals surface area contributed by atoms with E-state index in [0.717, 1.165) is 12.5 Å². The molecule has 18 heavy (non-hydrogen) atoms. The molecule has 1 unspecified atom stereocenters. The second kappa shape index (κ2) is 7.15. The molecule has 3 heteroatoms. The van der Waals surface area contributed by atoms with Gasteiger partial charge < -0.3 is 5.32 Å². The van der Waals surface area contributed by atoms with Crippen molar-refractivity contribution in [1.29, 1.82) is 0 Å². The van der Waals surface area contributed by atoms with Crippen LogP contribution in [0.2, 0.25) is 0 Å². The molecule has 1 heterocycles. The van der Waals surface area contributed by atoms with Crippen molar-refractivity contribution in [3.63, 3.8) is 0 Å². The van der Waals surface area contributed by atoms with Crippen molar-refractivity contribution >= 4 is 11.8 Å². The van der Waals surface area contributed by atoms with Gasteiger partial charge in [-0.05, 0) is 60.9 Å². The van der Waals surface area contributed by atoms with Gasteiger partial charge in [0.25, 0.3) is 0 Å². The van der Waals surface area contributed by atoms with Crippen molar-refractivity contribution in [1.82, 2.24) is 5.32 Å². The van der Waals surface area contributed by atoms with Crippen molar-refractivity contribution in [2.24, 2.45) is 5.92 Å². The number of thioether (sulfide) groups is 1. The van der Waals surface area contributed by atoms with Crippen molar-refractivity contribution in [2.45, 2.75) is 32.2 Å². The largest absolute Gasteiger partial charge is 0.310 e. The fraction of sp³-hybridized carbons (Fsp3) is 0.600. The van der Waals surface area contributed by atoms with Gasteiger partial charge in [-0.3, -0.25) is 0 Å². The number of benzene rings is 1. The molecule has 1 aromatic rings. The van der Waals surface area contributed by atoms with Gasteiger partial charge in [0.1, 0.15) is 5.82 Å². The third-order valence-electron chi connectivity index (χ3n) is 3.63. The van der Waals surface area contributed by atoms with E-state index < -0.39 is 0 Å². The van der Waals surface area contributed by atoms with E-state index in [-0.39, 0.29) is 5.82 Å². The van der Waals surface area contributed by atoms with Gasteiger partial charge in [0.05, 0.1) is 0 Å². The second-order valence-corrected chi connectivity index (χ2v) is 6.18. The first kappa shape index (κ1) is 13.9. The summed E-state index contributed by atoms with van der Waals surface area (Å²) < 4.78 is 13.0. The molecule has 1 N–H and O–H groups in total. The maximum Gasteiger partial charge on any atom is 0.123 e. The van der Waals surface area contributed by atoms with E-state index in [9.17, 15) is 4.39 Å². The topological polar surface area (TPSA) is 12.0 Å². The Balaban J connectivity index is 2.00. The van der Waals surface area contributed by atoms with Crippen LogP contribution in [0.5, 0.6) is 0 Å². The zero-order chi connectivity index (χ0) is 12.8. The third kappa shape index (κ3) is 3.99. The molecule has 0 spiro atoms. The number of nitrogens with one attached hydrogen (secondary N) is 1. The van der Waals surface area contributed by atoms with Crippen LogP contribution in [0, 0.1) is 11.7 Å². The van der Waals surface area contributed by atoms with Crippen LogP contribution in [0.15, 0.2) is 24.3 Å². The summed E-state index contributed by atoms with van der Waals surface area (Å²) in [6.45, 7) is 3.09. The predicted molar refractivity (Wildman–Crippen MR) is 77.5 cm³/mol. The SMILES string of the molecule is CCNC(CC1CCSCC1)c1ccc(F)cc1. The van der Waals surface area contributed by atoms with Crippen molar-refractivity contribution in [3.8, 4) is 0 Å². The van der Waals surface area contributed by atoms with Crippen LogP contribution >= 0.6 is 11.8 Å². The summed E-state index contributed by atoms with van der Waals surface area (Å²) >= 11 is 2.07. The van der Waals surface area contributed by atoms with E-state index in [1.54, 1.807) is 12.1 Å². The van der Waals surface area contributed by atoms with Crippen LogP contribution < -0.4 is 5.32 Å². The molecule has 0 amide bonds. The minimum absolute atomic E-state index is 0.150. The molecule has 0 radical (unpaired) electrons. The van der Waals surface area contributed by atoms with Crippen LogP contribution in [-0.2, 0) is 0 Å². The highest BCUT2D eigenvalue weighted by Crippen LogP contribution is 2.31. The molecule has 1 aliphatic rings. The average Bonchev–Trinajstić information content (AvgIpc) is 2.40. The Morgan fingerprint density at radius 1 is 1.28 bits per heavy atom. The summed E-state index contributed by atoms with van der Waals surface area (Å²) in [4.78, 5) is 0. The summed E-state index contributed by atoms with van der Waals surface area (Å²) in [6.07, 6.45) is 3.83. The number of halogens is 1. The Bertz CT molecular complexity index is 346. The number of rotatable bonds is 5. The highest BCUT2D eigenvalue weighted by Gasteiger charge is 2.19. The fourth-order valence-corrected chi connectivity index (χ4v) is 3.80. The van der Waals surface area contributed by atoms with Crippen molar-refractivity contribution in [2.75, 3.05) is 18.1 Å². The zero-order valence-corrected chi connectivity index (χ0v) is 11.8. The van der Waals surface area contributed by atoms with Crippen LogP contribution in [0.1, 0.15) is 37.8 Å². The zero-order valence-electron chi connectivity index (χ0n) is 11.0. The minimum Gasteiger partial charge on any atom is -0.310 e. The van der Waals surface area contributed by atoms with E-state index in [1.807, 2.05) is 12.1 Å². The lowest BCUT2D eigenvalue weighted by atomic mass is 9.90. The summed E-state index contributed by atoms with van der Waals surface area (Å²) in [6, 6.07) is 7.34. The highest BCUT2D eigenvalue weighted by atomic mass is 32.2. The lowest BCUT2D eigenvalue weighted by Gasteiger charge is -2.27. The van der Waals surface area contributed by atoms with Crippen LogP contribution in [0.3, 0.4) is 0 Å². The molecule has 1 atom stereocenters. The first-order chi connectivity index (χ1) is 8.79. The molecule has 0 saturated carbocycles. The van der Waals surface area contributed by atoms with Gasteiger partial charge in [0.15, 0.2) is 0 Å². The molecule has 1 nitrogen and oxygen atoms in total. The van der Waals surface area contributed by atoms with E-state index >= 15 is 0 Å². The number of hydrogen-bond donors (Lipinski definition) is 1. The summed E-state index contributed by atoms with van der Waals surface area (Å²) in [5.41, 5.74) is 1.22. The van der Waals surface area contributed by atoms with Crippen LogP contribution in [0.25, 0.3) is 0 Å². The van der Waals surface area contributed by atoms with Gasteiger partial charge in [-0.1, -0.05) is 19.1 Å². The summed E-state index contributed by atoms with van der Waals surface area (Å²) in [5.74, 6) is 3.27. The fourth-order valence-electron chi connectivity index (χ4n) is 2.59. The predicted octanol–water partition coefficient (Wildman–Crippen LogP) is 4.01. The Labute approximate surface area is 114 Å². The molecule has 2 rings (SSSR count). The van der Waals surface area contributed by atoms with Crippen LogP contribution in [-0.4, -0.2) is 18.1 Å². The molecule has 1 fully saturated rings. The lowest BCUT2D eigenvalue weighted by molar-refractivity contribution is 0.374. The first-order valence-electron chi connectivity index (χ1n) is 6.86. The molecular formula is C15H22FNS. The van der Waals surface area contributed by atoms with Gasteiger partial charge in [-0.25, -0.2) is 4.39 Å². The monoisotopic (exact) mass is 267 g/mol. The standard InChI is InChI=1S/C15H22FNS/c1-2-17-15(11-12-7-9-18-10-8-12)13-3-5-14(16)6-4-13/h3-6,12,15,17H,2,7-11H2,1H3. The molecular weight excluding hydrogens is 245 g/mol. The van der Waals surface area contributed by atoms with Crippen molar-refractivity contribution < 1.29 is 4.39 Å². The van der Waals surface area contributed by atoms with E-state index in [4.69, 9.17) is 0 Å². The van der Waals surface area contributed by atoms with E-state index in [1.165, 1.54) is 36.3 Å². The third-order valence-corrected chi connectivity index (χ3v) is 4.68. The lowest BCUT2D eigenvalue weighted by Crippen LogP contribution is -2.25. The first-order valence-corrected chi connectivity index (χ1v) is 8.01. The number of hydrogen-bond acceptors (Lipinski definition) is 2. The van der Waals surface area contributed by atoms with Gasteiger partial charge in [-0.2, -0.15) is 11.8 Å². The Morgan fingerprint density at radius 3 is 2.56 bits per heavy atom. The molecule has 0 aliphatic carbocycles.